The van der Waals surface area contributed by atoms with Gasteiger partial charge in [-0.15, -0.1) is 0 Å². The smallest absolute Gasteiger partial charge is 0.402 e. The van der Waals surface area contributed by atoms with Crippen molar-refractivity contribution in [3.8, 4) is 5.75 Å². The summed E-state index contributed by atoms with van der Waals surface area (Å²) in [6, 6.07) is 11.1. The van der Waals surface area contributed by atoms with E-state index in [4.69, 9.17) is 111 Å². The lowest BCUT2D eigenvalue weighted by molar-refractivity contribution is -0.0638. The van der Waals surface area contributed by atoms with Crippen LogP contribution in [-0.2, 0) is 106 Å². The number of benzene rings is 2. The van der Waals surface area contributed by atoms with E-state index >= 15 is 0 Å². The fourth-order valence-corrected chi connectivity index (χ4v) is 22.6. The number of anilines is 5. The Morgan fingerprint density at radius 1 is 0.347 bits per heavy atom. The van der Waals surface area contributed by atoms with Crippen molar-refractivity contribution in [3.05, 3.63) is 154 Å². The fourth-order valence-electron chi connectivity index (χ4n) is 17.0. The number of imidazole rings is 5. The largest absolute Gasteiger partial charge is 0.527 e. The molecule has 0 radical (unpaired) electrons. The van der Waals surface area contributed by atoms with E-state index in [1.165, 1.54) is 40.8 Å². The van der Waals surface area contributed by atoms with Crippen molar-refractivity contribution in [1.82, 2.24) is 117 Å². The number of aliphatic hydroxyl groups excluding tert-OH is 1. The number of aromatic nitrogens is 24. The van der Waals surface area contributed by atoms with E-state index in [9.17, 15) is 90.6 Å². The molecule has 144 heavy (non-hydrogen) atoms. The molecule has 6 saturated heterocycles. The molecule has 72 heteroatoms. The average Bonchev–Trinajstić information content (AvgIpc) is 1.63. The number of nitrogens with two attached hydrogens (primary N) is 5. The summed E-state index contributed by atoms with van der Waals surface area (Å²) < 4.78 is 198. The van der Waals surface area contributed by atoms with Crippen LogP contribution in [0.2, 0.25) is 0 Å². The number of hydrogen-bond acceptors (Lipinski definition) is 49. The fraction of sp³-hybridized carbons (Fsp3) is 0.431. The second-order valence-electron chi connectivity index (χ2n) is 33.2. The maximum atomic E-state index is 14.8. The van der Waals surface area contributed by atoms with Crippen LogP contribution >= 0.6 is 46.9 Å². The van der Waals surface area contributed by atoms with Crippen molar-refractivity contribution in [3.63, 3.8) is 0 Å². The van der Waals surface area contributed by atoms with Gasteiger partial charge in [0.05, 0.1) is 93.9 Å². The van der Waals surface area contributed by atoms with E-state index in [0.29, 0.717) is 11.0 Å². The van der Waals surface area contributed by atoms with E-state index in [0.717, 1.165) is 49.8 Å². The number of ether oxygens (including phenoxy) is 6. The Hall–Kier alpha value is -12.1. The first-order valence-corrected chi connectivity index (χ1v) is 51.8. The summed E-state index contributed by atoms with van der Waals surface area (Å²) in [6.07, 6.45) is -23.5. The first-order chi connectivity index (χ1) is 68.4. The van der Waals surface area contributed by atoms with Gasteiger partial charge in [-0.25, -0.2) is 77.0 Å². The quantitative estimate of drug-likeness (QED) is 0.0182. The molecule has 2 aromatic carbocycles. The number of phosphoric acid groups is 6. The van der Waals surface area contributed by atoms with Gasteiger partial charge in [-0.05, 0) is 31.2 Å². The van der Waals surface area contributed by atoms with E-state index in [1.54, 1.807) is 30.3 Å². The van der Waals surface area contributed by atoms with Crippen LogP contribution in [0.15, 0.2) is 115 Å². The number of hydrogen-bond donors (Lipinski definition) is 17. The minimum absolute atomic E-state index is 0.00219. The van der Waals surface area contributed by atoms with Crippen molar-refractivity contribution in [2.75, 3.05) is 68.3 Å². The topological polar surface area (TPSA) is 919 Å². The molecule has 24 atom stereocenters. The Morgan fingerprint density at radius 2 is 0.660 bits per heavy atom. The molecule has 0 aliphatic carbocycles. The van der Waals surface area contributed by atoms with Crippen LogP contribution in [0, 0.1) is 6.92 Å². The molecule has 766 valence electrons. The highest BCUT2D eigenvalue weighted by Gasteiger charge is 2.53. The molecule has 6 unspecified atom stereocenters. The molecule has 12 aromatic heterocycles. The van der Waals surface area contributed by atoms with Gasteiger partial charge in [0.1, 0.15) is 122 Å². The van der Waals surface area contributed by atoms with Gasteiger partial charge < -0.3 is 91.2 Å². The lowest BCUT2D eigenvalue weighted by atomic mass is 10.2. The standard InChI is InChI=1S/C72H81N29O37P6/c1-28-15-96(72(108)95-63(28)103)46-10-34(40(128-46)17-122-139(109,110)133-33-8-4-7-31-51(33)86-30-6-3-2-5-29(30)85-31)134-141(113,114)124-19-42-36(12-48(130-42)99-25-82-54-60(99)88-69(75)92-65(54)105)137-143(117,118)126-21-44-38(14-50(132-44)101-27-84-56-62(101)90-71(77)94-67(56)107)138-144(119,120)125-20-43-37(13-49(131-43)100-26-83-55-61(100)89-70(76)93-66(55)106)136-142(115,116)123-18-41-35(11-47(129-41)97-23-80-52-57(73)78-22-79-58(52)97)135-140(111,112)121-16-39-32(102)9-45(127-39)98-24-81-53-59(98)87-68(74)91-64(53)104/h2-8,15,22-27,32,34-50,102H,9-14,16-21H2,1H3,(H,109,110)(H,111,112)(H,113,114)(H,115,116)(H,117,118)(H,119,120)(H2,73,78,79)(H,95,103,108)(H3,74,87,91,104)(H3,75,88,92,105)(H3,76,89,93,106)(H3,77,90,94,107)/t32-,34-,35-,36-,37-,38-,39+,40+,41+,42+,43+,44+,45+,46+,47+,48+,49+,50+/m0/s1. The molecular weight excluding hydrogens is 2050 g/mol. The van der Waals surface area contributed by atoms with Crippen LogP contribution in [0.25, 0.3) is 77.9 Å². The van der Waals surface area contributed by atoms with Gasteiger partial charge in [-0.3, -0.25) is 131 Å². The van der Waals surface area contributed by atoms with Crippen LogP contribution in [-0.4, -0.2) is 264 Å². The summed E-state index contributed by atoms with van der Waals surface area (Å²) in [5.41, 5.74) is 24.4. The SMILES string of the molecule is Cc1cn([C@H]2C[C@H](OP(=O)(O)OC[C@H]3O[C@@H](n4cnc5c(=O)[nH]c(N)nc54)C[C@@H]3OP(=O)(O)OC[C@H]3O[C@@H](n4cnc5c(=O)[nH]c(N)nc54)C[C@@H]3OP(=O)(O)OC[C@H]3O[C@@H](n4cnc5c(=O)[nH]c(N)nc54)C[C@@H]3OP(=O)(O)OC[C@H]3O[C@@H](n4cnc5c(N)ncnc54)C[C@@H]3OP(=O)(O)OC[C@H]3O[C@@H](n4cnc5c(=O)[nH]c(N)nc54)C[C@@H]3O)[C@@H](COP(=O)(O)Oc3cccc4nc5ccccc5nc34)O2)c(=O)[nH]c1=O. The van der Waals surface area contributed by atoms with Crippen molar-refractivity contribution in [2.45, 2.75) is 156 Å². The monoisotopic (exact) mass is 2130 g/mol. The molecule has 18 heterocycles. The predicted octanol–water partition coefficient (Wildman–Crippen LogP) is 0.0180. The number of nitrogens with one attached hydrogen (secondary N) is 5. The zero-order chi connectivity index (χ0) is 101. The maximum Gasteiger partial charge on any atom is 0.527 e. The van der Waals surface area contributed by atoms with E-state index in [2.05, 4.69) is 89.7 Å². The highest BCUT2D eigenvalue weighted by Crippen LogP contribution is 2.58. The second kappa shape index (κ2) is 38.7. The van der Waals surface area contributed by atoms with Gasteiger partial charge in [-0.1, -0.05) is 18.2 Å². The van der Waals surface area contributed by atoms with E-state index in [1.807, 2.05) is 0 Å². The van der Waals surface area contributed by atoms with Gasteiger partial charge in [0.25, 0.3) is 27.8 Å². The van der Waals surface area contributed by atoms with Gasteiger partial charge in [0.2, 0.25) is 23.8 Å². The van der Waals surface area contributed by atoms with Crippen LogP contribution in [0.1, 0.15) is 81.5 Å². The summed E-state index contributed by atoms with van der Waals surface area (Å²) in [6.45, 7) is -4.96. The minimum atomic E-state index is -5.73. The summed E-state index contributed by atoms with van der Waals surface area (Å²) in [7, 11) is -33.3. The third kappa shape index (κ3) is 20.8. The molecular formula is C72H81N29O37P6. The van der Waals surface area contributed by atoms with Crippen molar-refractivity contribution in [2.24, 2.45) is 0 Å². The first kappa shape index (κ1) is 99.2. The average molecular weight is 2130 g/mol. The number of H-pyrrole nitrogens is 5. The Kier molecular flexibility index (Phi) is 26.7. The highest BCUT2D eigenvalue weighted by atomic mass is 31.2. The number of nitrogen functional groups attached to an aromatic ring is 5. The van der Waals surface area contributed by atoms with Gasteiger partial charge in [0, 0.05) is 50.3 Å². The summed E-state index contributed by atoms with van der Waals surface area (Å²) >= 11 is 0. The molecule has 0 saturated carbocycles. The van der Waals surface area contributed by atoms with E-state index in [-0.39, 0.29) is 96.4 Å². The van der Waals surface area contributed by atoms with Gasteiger partial charge in [-0.2, -0.15) is 19.9 Å². The normalized spacial score (nSPS) is 27.3. The number of nitrogens with zero attached hydrogens (tertiary/aromatic N) is 19. The molecule has 20 rings (SSSR count). The Balaban J connectivity index is 0.531. The minimum Gasteiger partial charge on any atom is -0.402 e. The maximum absolute atomic E-state index is 14.8. The zero-order valence-corrected chi connectivity index (χ0v) is 78.8. The van der Waals surface area contributed by atoms with Crippen LogP contribution < -0.4 is 66.7 Å². The molecule has 22 N–H and O–H groups in total. The molecule has 0 spiro atoms. The van der Waals surface area contributed by atoms with E-state index < -0.39 is 281 Å². The number of aliphatic hydroxyl groups is 1. The summed E-state index contributed by atoms with van der Waals surface area (Å²) in [5.74, 6) is -1.80. The van der Waals surface area contributed by atoms with Crippen molar-refractivity contribution < 1.29 is 145 Å². The van der Waals surface area contributed by atoms with Gasteiger partial charge in [0.15, 0.2) is 61.9 Å². The third-order valence-electron chi connectivity index (χ3n) is 23.6. The van der Waals surface area contributed by atoms with Crippen LogP contribution in [0.3, 0.4) is 0 Å². The number of fused-ring (bicyclic) bond motifs is 7. The number of phosphoric ester groups is 6. The van der Waals surface area contributed by atoms with Crippen molar-refractivity contribution in [1.29, 1.82) is 0 Å². The molecule has 6 aliphatic rings. The molecule has 6 fully saturated rings. The number of rotatable bonds is 36. The van der Waals surface area contributed by atoms with Crippen LogP contribution in [0.5, 0.6) is 5.75 Å². The second-order valence-corrected chi connectivity index (χ2v) is 41.6. The Morgan fingerprint density at radius 3 is 1.03 bits per heavy atom. The number of aromatic amines is 5. The molecule has 14 aromatic rings. The summed E-state index contributed by atoms with van der Waals surface area (Å²) in [5, 5.41) is 11.1. The lowest BCUT2D eigenvalue weighted by Crippen LogP contribution is -2.33. The molecule has 66 nitrogen and oxygen atoms in total. The van der Waals surface area contributed by atoms with Crippen LogP contribution in [0.4, 0.5) is 29.6 Å². The molecule has 6 aliphatic heterocycles. The Bertz CT molecular complexity index is 8080. The van der Waals surface area contributed by atoms with Gasteiger partial charge >= 0.3 is 52.6 Å². The lowest BCUT2D eigenvalue weighted by Gasteiger charge is -2.26. The first-order valence-electron chi connectivity index (χ1n) is 42.8. The summed E-state index contributed by atoms with van der Waals surface area (Å²) in [4.78, 5) is 213. The zero-order valence-electron chi connectivity index (χ0n) is 73.4. The molecule has 0 amide bonds. The number of para-hydroxylation sites is 3. The Labute approximate surface area is 797 Å². The number of aryl methyl sites for hydroxylation is 1. The predicted molar refractivity (Wildman–Crippen MR) is 480 cm³/mol. The highest BCUT2D eigenvalue weighted by molar-refractivity contribution is 7.49. The molecule has 0 bridgehead atoms. The third-order valence-corrected chi connectivity index (χ3v) is 29.6. The van der Waals surface area contributed by atoms with Crippen molar-refractivity contribution >= 4 is 154 Å².